The Morgan fingerprint density at radius 2 is 0.857 bits per heavy atom. The van der Waals surface area contributed by atoms with Gasteiger partial charge < -0.3 is 5.11 Å². The van der Waals surface area contributed by atoms with Gasteiger partial charge in [0.05, 0.1) is 0 Å². The molecule has 0 saturated carbocycles. The van der Waals surface area contributed by atoms with Crippen molar-refractivity contribution in [1.29, 1.82) is 0 Å². The van der Waals surface area contributed by atoms with Crippen molar-refractivity contribution in [3.8, 4) is 0 Å². The number of aliphatic hydroxyl groups excluding tert-OH is 1. The maximum absolute atomic E-state index is 7.00. The van der Waals surface area contributed by atoms with Crippen LogP contribution in [0.15, 0.2) is 61.2 Å². The molecule has 74 valence electrons. The molecule has 3 nitrogen and oxygen atoms in total. The zero-order chi connectivity index (χ0) is 10.5. The quantitative estimate of drug-likeness (QED) is 0.688. The molecular formula is C11H14N2O. The van der Waals surface area contributed by atoms with Gasteiger partial charge in [-0.3, -0.25) is 9.97 Å². The monoisotopic (exact) mass is 190 g/mol. The molecular weight excluding hydrogens is 176 g/mol. The van der Waals surface area contributed by atoms with Crippen molar-refractivity contribution in [1.82, 2.24) is 9.97 Å². The Hall–Kier alpha value is -1.74. The number of hydrogen-bond donors (Lipinski definition) is 1. The van der Waals surface area contributed by atoms with Crippen molar-refractivity contribution in [2.75, 3.05) is 7.11 Å². The summed E-state index contributed by atoms with van der Waals surface area (Å²) in [6.07, 6.45) is 7.00. The van der Waals surface area contributed by atoms with Crippen molar-refractivity contribution >= 4 is 0 Å². The SMILES string of the molecule is CO.c1ccncc1.c1ccncc1. The van der Waals surface area contributed by atoms with Gasteiger partial charge in [-0.15, -0.1) is 0 Å². The Morgan fingerprint density at radius 1 is 0.571 bits per heavy atom. The number of pyridine rings is 2. The van der Waals surface area contributed by atoms with E-state index >= 15 is 0 Å². The largest absolute Gasteiger partial charge is 0.400 e. The first kappa shape index (κ1) is 12.3. The molecule has 0 amide bonds. The Balaban J connectivity index is 0.000000206. The molecule has 14 heavy (non-hydrogen) atoms. The molecule has 0 atom stereocenters. The number of aromatic nitrogens is 2. The van der Waals surface area contributed by atoms with Crippen LogP contribution in [0.3, 0.4) is 0 Å². The molecule has 2 rings (SSSR count). The van der Waals surface area contributed by atoms with E-state index in [0.29, 0.717) is 0 Å². The zero-order valence-corrected chi connectivity index (χ0v) is 8.12. The van der Waals surface area contributed by atoms with Gasteiger partial charge in [-0.2, -0.15) is 0 Å². The molecule has 3 heteroatoms. The van der Waals surface area contributed by atoms with Gasteiger partial charge in [-0.05, 0) is 24.3 Å². The summed E-state index contributed by atoms with van der Waals surface area (Å²) in [5.74, 6) is 0. The minimum Gasteiger partial charge on any atom is -0.400 e. The first-order valence-electron chi connectivity index (χ1n) is 4.15. The molecule has 2 heterocycles. The number of aliphatic hydroxyl groups is 1. The molecule has 2 aromatic heterocycles. The van der Waals surface area contributed by atoms with Crippen molar-refractivity contribution in [3.63, 3.8) is 0 Å². The van der Waals surface area contributed by atoms with E-state index < -0.39 is 0 Å². The minimum atomic E-state index is 1.00. The number of rotatable bonds is 0. The molecule has 0 aliphatic heterocycles. The number of hydrogen-bond acceptors (Lipinski definition) is 3. The average Bonchev–Trinajstić information content (AvgIpc) is 2.37. The number of nitrogens with zero attached hydrogens (tertiary/aromatic N) is 2. The van der Waals surface area contributed by atoms with Crippen molar-refractivity contribution < 1.29 is 5.11 Å². The van der Waals surface area contributed by atoms with Gasteiger partial charge in [-0.1, -0.05) is 12.1 Å². The van der Waals surface area contributed by atoms with E-state index in [1.165, 1.54) is 0 Å². The Bertz CT molecular complexity index is 189. The fourth-order valence-corrected chi connectivity index (χ4v) is 0.625. The molecule has 0 radical (unpaired) electrons. The highest BCUT2D eigenvalue weighted by Gasteiger charge is 1.59. The van der Waals surface area contributed by atoms with Crippen LogP contribution in [0.1, 0.15) is 0 Å². The molecule has 0 aromatic carbocycles. The highest BCUT2D eigenvalue weighted by atomic mass is 16.2. The molecule has 0 aliphatic rings. The van der Waals surface area contributed by atoms with Crippen LogP contribution >= 0.6 is 0 Å². The van der Waals surface area contributed by atoms with Crippen molar-refractivity contribution in [2.45, 2.75) is 0 Å². The van der Waals surface area contributed by atoms with E-state index in [-0.39, 0.29) is 0 Å². The summed E-state index contributed by atoms with van der Waals surface area (Å²) in [5, 5.41) is 7.00. The van der Waals surface area contributed by atoms with Gasteiger partial charge in [-0.25, -0.2) is 0 Å². The van der Waals surface area contributed by atoms with Gasteiger partial charge >= 0.3 is 0 Å². The van der Waals surface area contributed by atoms with Crippen molar-refractivity contribution in [2.24, 2.45) is 0 Å². The third-order valence-electron chi connectivity index (χ3n) is 1.13. The van der Waals surface area contributed by atoms with Crippen LogP contribution in [0, 0.1) is 0 Å². The standard InChI is InChI=1S/2C5H5N.CH4O/c2*1-2-4-6-5-3-1;1-2/h2*1-5H;2H,1H3. The summed E-state index contributed by atoms with van der Waals surface area (Å²) in [7, 11) is 1.00. The Labute approximate surface area is 84.1 Å². The summed E-state index contributed by atoms with van der Waals surface area (Å²) >= 11 is 0. The van der Waals surface area contributed by atoms with Gasteiger partial charge in [0, 0.05) is 31.9 Å². The summed E-state index contributed by atoms with van der Waals surface area (Å²) < 4.78 is 0. The topological polar surface area (TPSA) is 46.0 Å². The van der Waals surface area contributed by atoms with Gasteiger partial charge in [0.1, 0.15) is 0 Å². The van der Waals surface area contributed by atoms with Crippen LogP contribution in [-0.2, 0) is 0 Å². The second-order valence-electron chi connectivity index (χ2n) is 2.05. The zero-order valence-electron chi connectivity index (χ0n) is 8.12. The van der Waals surface area contributed by atoms with Gasteiger partial charge in [0.25, 0.3) is 0 Å². The van der Waals surface area contributed by atoms with Crippen LogP contribution in [0.25, 0.3) is 0 Å². The first-order valence-corrected chi connectivity index (χ1v) is 4.15. The summed E-state index contributed by atoms with van der Waals surface area (Å²) in [6, 6.07) is 11.4. The van der Waals surface area contributed by atoms with Crippen molar-refractivity contribution in [3.05, 3.63) is 61.2 Å². The van der Waals surface area contributed by atoms with E-state index in [1.807, 2.05) is 36.4 Å². The maximum atomic E-state index is 7.00. The second kappa shape index (κ2) is 11.3. The van der Waals surface area contributed by atoms with Crippen LogP contribution in [0.2, 0.25) is 0 Å². The third-order valence-corrected chi connectivity index (χ3v) is 1.13. The molecule has 0 saturated heterocycles. The molecule has 0 fully saturated rings. The third kappa shape index (κ3) is 8.36. The summed E-state index contributed by atoms with van der Waals surface area (Å²) in [4.78, 5) is 7.57. The Morgan fingerprint density at radius 3 is 0.929 bits per heavy atom. The predicted molar refractivity (Wildman–Crippen MR) is 56.6 cm³/mol. The normalized spacial score (nSPS) is 7.29. The highest BCUT2D eigenvalue weighted by Crippen LogP contribution is 1.74. The lowest BCUT2D eigenvalue weighted by atomic mass is 10.5. The molecule has 0 bridgehead atoms. The van der Waals surface area contributed by atoms with Crippen LogP contribution in [-0.4, -0.2) is 22.2 Å². The minimum absolute atomic E-state index is 1.00. The molecule has 1 N–H and O–H groups in total. The maximum Gasteiger partial charge on any atom is 0.0319 e. The molecule has 2 aromatic rings. The van der Waals surface area contributed by atoms with Gasteiger partial charge in [0.15, 0.2) is 0 Å². The van der Waals surface area contributed by atoms with Gasteiger partial charge in [0.2, 0.25) is 0 Å². The van der Waals surface area contributed by atoms with Crippen LogP contribution < -0.4 is 0 Å². The average molecular weight is 190 g/mol. The first-order chi connectivity index (χ1) is 7.00. The smallest absolute Gasteiger partial charge is 0.0319 e. The van der Waals surface area contributed by atoms with Crippen LogP contribution in [0.5, 0.6) is 0 Å². The molecule has 0 aliphatic carbocycles. The summed E-state index contributed by atoms with van der Waals surface area (Å²) in [5.41, 5.74) is 0. The lowest BCUT2D eigenvalue weighted by Gasteiger charge is -1.70. The molecule has 0 unspecified atom stereocenters. The molecule has 0 spiro atoms. The lowest BCUT2D eigenvalue weighted by Crippen LogP contribution is -1.58. The summed E-state index contributed by atoms with van der Waals surface area (Å²) in [6.45, 7) is 0. The van der Waals surface area contributed by atoms with Crippen LogP contribution in [0.4, 0.5) is 0 Å². The fraction of sp³-hybridized carbons (Fsp3) is 0.0909. The second-order valence-corrected chi connectivity index (χ2v) is 2.05. The van der Waals surface area contributed by atoms with E-state index in [4.69, 9.17) is 5.11 Å². The predicted octanol–water partition coefficient (Wildman–Crippen LogP) is 1.77. The van der Waals surface area contributed by atoms with E-state index in [9.17, 15) is 0 Å². The lowest BCUT2D eigenvalue weighted by molar-refractivity contribution is 0.399. The Kier molecular flexibility index (Phi) is 9.86. The highest BCUT2D eigenvalue weighted by molar-refractivity contribution is 4.88. The fourth-order valence-electron chi connectivity index (χ4n) is 0.625. The van der Waals surface area contributed by atoms with E-state index in [0.717, 1.165) is 7.11 Å². The van der Waals surface area contributed by atoms with E-state index in [1.54, 1.807) is 24.8 Å². The van der Waals surface area contributed by atoms with E-state index in [2.05, 4.69) is 9.97 Å².